The van der Waals surface area contributed by atoms with Gasteiger partial charge in [-0.15, -0.1) is 11.8 Å². The number of pyridine rings is 1. The maximum atomic E-state index is 11.6. The molecule has 0 aromatic carbocycles. The van der Waals surface area contributed by atoms with E-state index in [1.165, 1.54) is 0 Å². The van der Waals surface area contributed by atoms with E-state index in [1.54, 1.807) is 24.8 Å². The number of ether oxygens (including phenoxy) is 1. The molecule has 0 radical (unpaired) electrons. The molecule has 0 saturated carbocycles. The van der Waals surface area contributed by atoms with Gasteiger partial charge < -0.3 is 4.74 Å². The van der Waals surface area contributed by atoms with Crippen LogP contribution in [0, 0.1) is 6.92 Å². The highest BCUT2D eigenvalue weighted by atomic mass is 32.2. The van der Waals surface area contributed by atoms with Crippen molar-refractivity contribution < 1.29 is 9.53 Å². The third-order valence-electron chi connectivity index (χ3n) is 1.78. The second-order valence-corrected chi connectivity index (χ2v) is 4.21. The van der Waals surface area contributed by atoms with Crippen molar-refractivity contribution in [3.05, 3.63) is 23.4 Å². The van der Waals surface area contributed by atoms with Crippen molar-refractivity contribution in [3.63, 3.8) is 0 Å². The summed E-state index contributed by atoms with van der Waals surface area (Å²) in [5.41, 5.74) is 1.48. The van der Waals surface area contributed by atoms with Gasteiger partial charge in [0.05, 0.1) is 12.2 Å². The molecule has 1 aromatic heterocycles. The minimum absolute atomic E-state index is 0.291. The van der Waals surface area contributed by atoms with Crippen LogP contribution in [0.15, 0.2) is 17.2 Å². The van der Waals surface area contributed by atoms with E-state index in [1.807, 2.05) is 19.9 Å². The molecule has 0 bridgehead atoms. The molecule has 0 fully saturated rings. The zero-order valence-electron chi connectivity index (χ0n) is 9.24. The van der Waals surface area contributed by atoms with E-state index in [9.17, 15) is 4.79 Å². The third-order valence-corrected chi connectivity index (χ3v) is 2.65. The van der Waals surface area contributed by atoms with Crippen LogP contribution in [0.3, 0.4) is 0 Å². The third kappa shape index (κ3) is 3.23. The van der Waals surface area contributed by atoms with Gasteiger partial charge in [-0.1, -0.05) is 6.92 Å². The Labute approximate surface area is 94.2 Å². The highest BCUT2D eigenvalue weighted by molar-refractivity contribution is 7.99. The van der Waals surface area contributed by atoms with Gasteiger partial charge in [-0.2, -0.15) is 0 Å². The van der Waals surface area contributed by atoms with Gasteiger partial charge in [-0.05, 0) is 31.7 Å². The summed E-state index contributed by atoms with van der Waals surface area (Å²) in [7, 11) is 0. The second-order valence-electron chi connectivity index (χ2n) is 2.96. The molecule has 0 aliphatic rings. The molecule has 0 amide bonds. The van der Waals surface area contributed by atoms with E-state index in [2.05, 4.69) is 4.98 Å². The lowest BCUT2D eigenvalue weighted by Gasteiger charge is -2.07. The molecule has 15 heavy (non-hydrogen) atoms. The highest BCUT2D eigenvalue weighted by Gasteiger charge is 2.13. The summed E-state index contributed by atoms with van der Waals surface area (Å²) in [6, 6.07) is 3.60. The fourth-order valence-electron chi connectivity index (χ4n) is 1.14. The van der Waals surface area contributed by atoms with Crippen LogP contribution in [0.5, 0.6) is 0 Å². The van der Waals surface area contributed by atoms with Crippen LogP contribution in [-0.4, -0.2) is 23.3 Å². The molecular weight excluding hydrogens is 210 g/mol. The van der Waals surface area contributed by atoms with Crippen molar-refractivity contribution in [2.45, 2.75) is 25.8 Å². The number of carbonyl (C=O) groups excluding carboxylic acids is 1. The van der Waals surface area contributed by atoms with Gasteiger partial charge in [-0.3, -0.25) is 0 Å². The number of rotatable bonds is 4. The highest BCUT2D eigenvalue weighted by Crippen LogP contribution is 2.21. The zero-order valence-corrected chi connectivity index (χ0v) is 10.1. The normalized spacial score (nSPS) is 10.1. The first kappa shape index (κ1) is 12.0. The van der Waals surface area contributed by atoms with Gasteiger partial charge in [0.2, 0.25) is 0 Å². The van der Waals surface area contributed by atoms with Crippen LogP contribution < -0.4 is 0 Å². The van der Waals surface area contributed by atoms with E-state index in [0.29, 0.717) is 12.2 Å². The number of hydrogen-bond acceptors (Lipinski definition) is 4. The monoisotopic (exact) mass is 225 g/mol. The number of aryl methyl sites for hydroxylation is 1. The minimum Gasteiger partial charge on any atom is -0.462 e. The summed E-state index contributed by atoms with van der Waals surface area (Å²) in [4.78, 5) is 15.9. The number of aromatic nitrogens is 1. The summed E-state index contributed by atoms with van der Waals surface area (Å²) < 4.78 is 4.96. The Kier molecular flexibility index (Phi) is 4.62. The topological polar surface area (TPSA) is 39.2 Å². The van der Waals surface area contributed by atoms with Crippen LogP contribution in [0.25, 0.3) is 0 Å². The standard InChI is InChI=1S/C11H15NO2S/c1-4-14-11(13)9-7-6-8(3)12-10(9)15-5-2/h6-7H,4-5H2,1-3H3. The number of thioether (sulfide) groups is 1. The fraction of sp³-hybridized carbons (Fsp3) is 0.455. The van der Waals surface area contributed by atoms with Crippen LogP contribution >= 0.6 is 11.8 Å². The Morgan fingerprint density at radius 3 is 2.80 bits per heavy atom. The van der Waals surface area contributed by atoms with Gasteiger partial charge >= 0.3 is 5.97 Å². The first-order valence-electron chi connectivity index (χ1n) is 4.96. The van der Waals surface area contributed by atoms with E-state index in [0.717, 1.165) is 16.5 Å². The van der Waals surface area contributed by atoms with Gasteiger partial charge in [0, 0.05) is 5.69 Å². The Bertz CT molecular complexity index is 352. The molecule has 4 heteroatoms. The van der Waals surface area contributed by atoms with Crippen molar-refractivity contribution in [1.29, 1.82) is 0 Å². The van der Waals surface area contributed by atoms with E-state index in [4.69, 9.17) is 4.74 Å². The Morgan fingerprint density at radius 2 is 2.20 bits per heavy atom. The van der Waals surface area contributed by atoms with E-state index < -0.39 is 0 Å². The molecule has 0 atom stereocenters. The van der Waals surface area contributed by atoms with Crippen molar-refractivity contribution in [3.8, 4) is 0 Å². The average Bonchev–Trinajstić information content (AvgIpc) is 2.18. The molecular formula is C11H15NO2S. The van der Waals surface area contributed by atoms with Gasteiger partial charge in [0.25, 0.3) is 0 Å². The summed E-state index contributed by atoms with van der Waals surface area (Å²) in [6.45, 7) is 6.13. The molecule has 0 aliphatic heterocycles. The van der Waals surface area contributed by atoms with Crippen LogP contribution in [0.2, 0.25) is 0 Å². The molecule has 1 aromatic rings. The molecule has 0 saturated heterocycles. The Balaban J connectivity index is 2.99. The van der Waals surface area contributed by atoms with Crippen LogP contribution in [-0.2, 0) is 4.74 Å². The lowest BCUT2D eigenvalue weighted by Crippen LogP contribution is -2.07. The second kappa shape index (κ2) is 5.75. The minimum atomic E-state index is -0.291. The number of hydrogen-bond donors (Lipinski definition) is 0. The van der Waals surface area contributed by atoms with Crippen molar-refractivity contribution in [2.24, 2.45) is 0 Å². The maximum absolute atomic E-state index is 11.6. The molecule has 0 N–H and O–H groups in total. The smallest absolute Gasteiger partial charge is 0.340 e. The predicted molar refractivity (Wildman–Crippen MR) is 61.3 cm³/mol. The van der Waals surface area contributed by atoms with E-state index in [-0.39, 0.29) is 5.97 Å². The maximum Gasteiger partial charge on any atom is 0.340 e. The first-order valence-corrected chi connectivity index (χ1v) is 5.95. The molecule has 1 heterocycles. The van der Waals surface area contributed by atoms with Crippen molar-refractivity contribution >= 4 is 17.7 Å². The molecule has 1 rings (SSSR count). The summed E-state index contributed by atoms with van der Waals surface area (Å²) >= 11 is 1.56. The first-order chi connectivity index (χ1) is 7.19. The lowest BCUT2D eigenvalue weighted by molar-refractivity contribution is 0.0521. The SMILES string of the molecule is CCOC(=O)c1ccc(C)nc1SCC. The average molecular weight is 225 g/mol. The van der Waals surface area contributed by atoms with Gasteiger partial charge in [0.1, 0.15) is 5.03 Å². The van der Waals surface area contributed by atoms with Crippen LogP contribution in [0.4, 0.5) is 0 Å². The molecule has 0 aliphatic carbocycles. The van der Waals surface area contributed by atoms with E-state index >= 15 is 0 Å². The number of esters is 1. The molecule has 0 unspecified atom stereocenters. The van der Waals surface area contributed by atoms with Crippen molar-refractivity contribution in [2.75, 3.05) is 12.4 Å². The summed E-state index contributed by atoms with van der Waals surface area (Å²) in [6.07, 6.45) is 0. The lowest BCUT2D eigenvalue weighted by atomic mass is 10.2. The summed E-state index contributed by atoms with van der Waals surface area (Å²) in [5.74, 6) is 0.601. The van der Waals surface area contributed by atoms with Gasteiger partial charge in [0.15, 0.2) is 0 Å². The fourth-order valence-corrected chi connectivity index (χ4v) is 1.93. The Morgan fingerprint density at radius 1 is 1.47 bits per heavy atom. The number of nitrogens with zero attached hydrogens (tertiary/aromatic N) is 1. The molecule has 82 valence electrons. The number of carbonyl (C=O) groups is 1. The molecule has 3 nitrogen and oxygen atoms in total. The quantitative estimate of drug-likeness (QED) is 0.583. The molecule has 0 spiro atoms. The predicted octanol–water partition coefficient (Wildman–Crippen LogP) is 2.68. The largest absolute Gasteiger partial charge is 0.462 e. The van der Waals surface area contributed by atoms with Crippen LogP contribution in [0.1, 0.15) is 29.9 Å². The zero-order chi connectivity index (χ0) is 11.3. The van der Waals surface area contributed by atoms with Gasteiger partial charge in [-0.25, -0.2) is 9.78 Å². The Hall–Kier alpha value is -1.03. The van der Waals surface area contributed by atoms with Crippen molar-refractivity contribution in [1.82, 2.24) is 4.98 Å². The summed E-state index contributed by atoms with van der Waals surface area (Å²) in [5, 5.41) is 0.760.